The van der Waals surface area contributed by atoms with Crippen LogP contribution in [-0.2, 0) is 25.9 Å². The summed E-state index contributed by atoms with van der Waals surface area (Å²) in [6.07, 6.45) is 2.70. The van der Waals surface area contributed by atoms with E-state index in [1.807, 2.05) is 0 Å². The van der Waals surface area contributed by atoms with Gasteiger partial charge in [0.1, 0.15) is 11.1 Å². The van der Waals surface area contributed by atoms with Crippen LogP contribution in [0.15, 0.2) is 47.6 Å². The van der Waals surface area contributed by atoms with Crippen molar-refractivity contribution in [1.82, 2.24) is 9.88 Å². The van der Waals surface area contributed by atoms with Gasteiger partial charge in [0.05, 0.1) is 16.1 Å². The molecular weight excluding hydrogens is 503 g/mol. The molecule has 9 nitrogen and oxygen atoms in total. The number of nitrogens with zero attached hydrogens (tertiary/aromatic N) is 3. The minimum absolute atomic E-state index is 0.101. The van der Waals surface area contributed by atoms with Crippen LogP contribution in [0.5, 0.6) is 0 Å². The molecule has 1 aromatic carbocycles. The van der Waals surface area contributed by atoms with Gasteiger partial charge in [0.25, 0.3) is 15.7 Å². The first kappa shape index (κ1) is 27.1. The standard InChI is InChI=1S/C23H24F3N3O6S/c1-21(2,3)35-18(30)17-12-27-11-10-14(17)13-28-20(32)29(19(31)22(28,4)5)15-6-8-16(9-7-15)36(33,34)23(24,25)26/h6-12H,13H2,1-5H3. The van der Waals surface area contributed by atoms with Crippen molar-refractivity contribution in [3.63, 3.8) is 0 Å². The number of imide groups is 1. The van der Waals surface area contributed by atoms with Crippen molar-refractivity contribution in [2.75, 3.05) is 4.90 Å². The number of ether oxygens (including phenoxy) is 1. The Kier molecular flexibility index (Phi) is 6.68. The van der Waals surface area contributed by atoms with E-state index in [4.69, 9.17) is 4.74 Å². The number of rotatable bonds is 5. The highest BCUT2D eigenvalue weighted by molar-refractivity contribution is 7.92. The topological polar surface area (TPSA) is 114 Å². The molecule has 3 amide bonds. The molecular formula is C23H24F3N3O6S. The Bertz CT molecular complexity index is 1320. The zero-order chi connectivity index (χ0) is 27.3. The van der Waals surface area contributed by atoms with Gasteiger partial charge in [0.15, 0.2) is 0 Å². The molecule has 0 atom stereocenters. The molecule has 1 aliphatic heterocycles. The summed E-state index contributed by atoms with van der Waals surface area (Å²) in [7, 11) is -5.59. The normalized spacial score (nSPS) is 16.4. The highest BCUT2D eigenvalue weighted by atomic mass is 32.2. The maximum atomic E-state index is 13.3. The van der Waals surface area contributed by atoms with Crippen molar-refractivity contribution < 1.29 is 40.7 Å². The zero-order valence-electron chi connectivity index (χ0n) is 20.1. The molecule has 0 N–H and O–H groups in total. The molecule has 1 saturated heterocycles. The van der Waals surface area contributed by atoms with Gasteiger partial charge in [-0.1, -0.05) is 0 Å². The van der Waals surface area contributed by atoms with Crippen molar-refractivity contribution >= 4 is 33.4 Å². The molecule has 3 rings (SSSR count). The number of urea groups is 1. The van der Waals surface area contributed by atoms with Gasteiger partial charge in [0.2, 0.25) is 0 Å². The van der Waals surface area contributed by atoms with Crippen LogP contribution in [0.3, 0.4) is 0 Å². The van der Waals surface area contributed by atoms with Crippen LogP contribution in [0.25, 0.3) is 0 Å². The minimum atomic E-state index is -5.59. The summed E-state index contributed by atoms with van der Waals surface area (Å²) in [5.41, 5.74) is -7.33. The molecule has 0 aliphatic carbocycles. The first-order chi connectivity index (χ1) is 16.4. The number of hydrogen-bond donors (Lipinski definition) is 0. The molecule has 1 aromatic heterocycles. The summed E-state index contributed by atoms with van der Waals surface area (Å²) in [6, 6.07) is 3.96. The van der Waals surface area contributed by atoms with E-state index in [-0.39, 0.29) is 17.8 Å². The van der Waals surface area contributed by atoms with E-state index in [1.165, 1.54) is 37.2 Å². The van der Waals surface area contributed by atoms with Crippen LogP contribution in [0.1, 0.15) is 50.5 Å². The largest absolute Gasteiger partial charge is 0.501 e. The molecule has 0 unspecified atom stereocenters. The number of pyridine rings is 1. The predicted octanol–water partition coefficient (Wildman–Crippen LogP) is 4.08. The lowest BCUT2D eigenvalue weighted by Crippen LogP contribution is -2.44. The van der Waals surface area contributed by atoms with E-state index >= 15 is 0 Å². The van der Waals surface area contributed by atoms with Gasteiger partial charge in [-0.25, -0.2) is 22.9 Å². The molecule has 0 bridgehead atoms. The Morgan fingerprint density at radius 2 is 1.64 bits per heavy atom. The third kappa shape index (κ3) is 4.92. The molecule has 1 fully saturated rings. The Morgan fingerprint density at radius 3 is 2.17 bits per heavy atom. The van der Waals surface area contributed by atoms with E-state index in [1.54, 1.807) is 20.8 Å². The molecule has 2 heterocycles. The van der Waals surface area contributed by atoms with Crippen molar-refractivity contribution in [3.05, 3.63) is 53.9 Å². The SMILES string of the molecule is CC(C)(C)OC(=O)c1cnccc1CN1C(=O)N(c2ccc(S(=O)(=O)C(F)(F)F)cc2)C(=O)C1(C)C. The Hall–Kier alpha value is -3.48. The molecule has 0 radical (unpaired) electrons. The van der Waals surface area contributed by atoms with Crippen molar-refractivity contribution in [2.24, 2.45) is 0 Å². The number of halogens is 3. The van der Waals surface area contributed by atoms with E-state index in [0.29, 0.717) is 17.7 Å². The number of anilines is 1. The van der Waals surface area contributed by atoms with Gasteiger partial charge >= 0.3 is 17.5 Å². The van der Waals surface area contributed by atoms with Crippen LogP contribution < -0.4 is 4.90 Å². The van der Waals surface area contributed by atoms with E-state index in [0.717, 1.165) is 17.0 Å². The van der Waals surface area contributed by atoms with Gasteiger partial charge in [-0.05, 0) is 70.5 Å². The Balaban J connectivity index is 1.94. The van der Waals surface area contributed by atoms with Gasteiger partial charge < -0.3 is 9.64 Å². The summed E-state index contributed by atoms with van der Waals surface area (Å²) in [5, 5.41) is 0. The summed E-state index contributed by atoms with van der Waals surface area (Å²) < 4.78 is 67.1. The fourth-order valence-corrected chi connectivity index (χ4v) is 4.25. The fourth-order valence-electron chi connectivity index (χ4n) is 3.49. The van der Waals surface area contributed by atoms with Gasteiger partial charge in [-0.3, -0.25) is 9.78 Å². The molecule has 36 heavy (non-hydrogen) atoms. The monoisotopic (exact) mass is 527 g/mol. The zero-order valence-corrected chi connectivity index (χ0v) is 20.9. The number of aromatic nitrogens is 1. The number of hydrogen-bond acceptors (Lipinski definition) is 7. The number of carbonyl (C=O) groups is 3. The maximum absolute atomic E-state index is 13.3. The molecule has 13 heteroatoms. The first-order valence-corrected chi connectivity index (χ1v) is 12.1. The van der Waals surface area contributed by atoms with Gasteiger partial charge in [0, 0.05) is 18.9 Å². The van der Waals surface area contributed by atoms with Crippen molar-refractivity contribution in [2.45, 2.75) is 62.7 Å². The second kappa shape index (κ2) is 8.87. The Morgan fingerprint density at radius 1 is 1.06 bits per heavy atom. The highest BCUT2D eigenvalue weighted by Gasteiger charge is 2.52. The number of alkyl halides is 3. The molecule has 0 spiro atoms. The lowest BCUT2D eigenvalue weighted by atomic mass is 10.0. The van der Waals surface area contributed by atoms with Crippen molar-refractivity contribution in [3.8, 4) is 0 Å². The van der Waals surface area contributed by atoms with Crippen molar-refractivity contribution in [1.29, 1.82) is 0 Å². The predicted molar refractivity (Wildman–Crippen MR) is 122 cm³/mol. The molecule has 1 aliphatic rings. The second-order valence-corrected chi connectivity index (χ2v) is 11.5. The average Bonchev–Trinajstić information content (AvgIpc) is 2.91. The summed E-state index contributed by atoms with van der Waals surface area (Å²) in [4.78, 5) is 44.0. The fraction of sp³-hybridized carbons (Fsp3) is 0.391. The quantitative estimate of drug-likeness (QED) is 0.425. The van der Waals surface area contributed by atoms with Gasteiger partial charge in [-0.2, -0.15) is 13.2 Å². The number of amides is 3. The third-order valence-electron chi connectivity index (χ3n) is 5.39. The summed E-state index contributed by atoms with van der Waals surface area (Å²) >= 11 is 0. The molecule has 0 saturated carbocycles. The summed E-state index contributed by atoms with van der Waals surface area (Å²) in [6.45, 7) is 7.85. The highest BCUT2D eigenvalue weighted by Crippen LogP contribution is 2.36. The lowest BCUT2D eigenvalue weighted by Gasteiger charge is -2.28. The summed E-state index contributed by atoms with van der Waals surface area (Å²) in [5.74, 6) is -1.36. The molecule has 2 aromatic rings. The van der Waals surface area contributed by atoms with Crippen LogP contribution in [0, 0.1) is 0 Å². The number of carbonyl (C=O) groups excluding carboxylic acids is 3. The Labute approximate surface area is 205 Å². The van der Waals surface area contributed by atoms with E-state index in [9.17, 15) is 36.0 Å². The molecule has 194 valence electrons. The van der Waals surface area contributed by atoms with E-state index < -0.39 is 49.3 Å². The van der Waals surface area contributed by atoms with Crippen LogP contribution in [0.2, 0.25) is 0 Å². The average molecular weight is 528 g/mol. The van der Waals surface area contributed by atoms with Gasteiger partial charge in [-0.15, -0.1) is 0 Å². The number of sulfone groups is 1. The third-order valence-corrected chi connectivity index (χ3v) is 6.89. The van der Waals surface area contributed by atoms with Crippen LogP contribution in [-0.4, -0.2) is 52.9 Å². The maximum Gasteiger partial charge on any atom is 0.501 e. The number of esters is 1. The van der Waals surface area contributed by atoms with Crippen LogP contribution in [0.4, 0.5) is 23.7 Å². The van der Waals surface area contributed by atoms with E-state index in [2.05, 4.69) is 4.98 Å². The second-order valence-electron chi connectivity index (χ2n) is 9.55. The lowest BCUT2D eigenvalue weighted by molar-refractivity contribution is -0.123. The smallest absolute Gasteiger partial charge is 0.456 e. The first-order valence-electron chi connectivity index (χ1n) is 10.6. The number of benzene rings is 1. The van der Waals surface area contributed by atoms with Crippen LogP contribution >= 0.6 is 0 Å². The minimum Gasteiger partial charge on any atom is -0.456 e.